The first-order chi connectivity index (χ1) is 13.8. The second-order valence-corrected chi connectivity index (χ2v) is 6.52. The summed E-state index contributed by atoms with van der Waals surface area (Å²) in [7, 11) is 3.60. The largest absolute Gasteiger partial charge is 0.363 e. The van der Waals surface area contributed by atoms with E-state index >= 15 is 0 Å². The van der Waals surface area contributed by atoms with E-state index in [4.69, 9.17) is 5.73 Å². The molecule has 0 fully saturated rings. The van der Waals surface area contributed by atoms with E-state index in [9.17, 15) is 19.7 Å². The van der Waals surface area contributed by atoms with E-state index in [0.717, 1.165) is 0 Å². The number of primary amides is 1. The molecule has 0 unspecified atom stereocenters. The van der Waals surface area contributed by atoms with Crippen molar-refractivity contribution < 1.29 is 14.5 Å². The van der Waals surface area contributed by atoms with Crippen molar-refractivity contribution in [3.8, 4) is 5.69 Å². The lowest BCUT2D eigenvalue weighted by Crippen LogP contribution is -2.17. The normalized spacial score (nSPS) is 10.9. The summed E-state index contributed by atoms with van der Waals surface area (Å²) in [6, 6.07) is 12.2. The van der Waals surface area contributed by atoms with Crippen molar-refractivity contribution >= 4 is 17.4 Å². The molecule has 2 N–H and O–H groups in total. The summed E-state index contributed by atoms with van der Waals surface area (Å²) >= 11 is 0. The third-order valence-corrected chi connectivity index (χ3v) is 4.05. The maximum atomic E-state index is 13.1. The Morgan fingerprint density at radius 1 is 1.17 bits per heavy atom. The lowest BCUT2D eigenvalue weighted by atomic mass is 10.0. The molecule has 0 saturated heterocycles. The van der Waals surface area contributed by atoms with Gasteiger partial charge in [0.15, 0.2) is 5.78 Å². The fourth-order valence-corrected chi connectivity index (χ4v) is 2.78. The molecule has 1 heterocycles. The summed E-state index contributed by atoms with van der Waals surface area (Å²) in [5, 5.41) is 15.4. The van der Waals surface area contributed by atoms with Crippen molar-refractivity contribution in [2.24, 2.45) is 5.73 Å². The average molecular weight is 394 g/mol. The van der Waals surface area contributed by atoms with Gasteiger partial charge in [-0.2, -0.15) is 0 Å². The molecule has 1 aromatic heterocycles. The molecule has 0 aliphatic rings. The number of hydrogen-bond acceptors (Lipinski definition) is 7. The molecular formula is C19H18N6O4. The number of carbonyl (C=O) groups is 2. The number of nitrogens with two attached hydrogens (primary N) is 1. The Hall–Kier alpha value is -3.92. The van der Waals surface area contributed by atoms with Crippen molar-refractivity contribution in [2.75, 3.05) is 14.1 Å². The van der Waals surface area contributed by atoms with Gasteiger partial charge in [0.05, 0.1) is 22.7 Å². The zero-order valence-electron chi connectivity index (χ0n) is 15.8. The maximum Gasteiger partial charge on any atom is 0.288 e. The van der Waals surface area contributed by atoms with E-state index in [1.165, 1.54) is 22.9 Å². The zero-order chi connectivity index (χ0) is 21.1. The second-order valence-electron chi connectivity index (χ2n) is 6.52. The fourth-order valence-electron chi connectivity index (χ4n) is 2.78. The van der Waals surface area contributed by atoms with Crippen LogP contribution in [-0.2, 0) is 6.54 Å². The molecule has 148 valence electrons. The van der Waals surface area contributed by atoms with Crippen molar-refractivity contribution in [1.29, 1.82) is 0 Å². The predicted molar refractivity (Wildman–Crippen MR) is 104 cm³/mol. The van der Waals surface area contributed by atoms with Gasteiger partial charge < -0.3 is 10.6 Å². The molecular weight excluding hydrogens is 376 g/mol. The highest BCUT2D eigenvalue weighted by Crippen LogP contribution is 2.25. The van der Waals surface area contributed by atoms with Crippen molar-refractivity contribution in [3.05, 3.63) is 81.4 Å². The van der Waals surface area contributed by atoms with Crippen molar-refractivity contribution in [1.82, 2.24) is 19.7 Å². The summed E-state index contributed by atoms with van der Waals surface area (Å²) in [5.74, 6) is -1.09. The number of hydrogen-bond donors (Lipinski definition) is 1. The number of carbonyl (C=O) groups excluding carboxylic acids is 2. The van der Waals surface area contributed by atoms with Crippen LogP contribution in [0.1, 0.15) is 32.4 Å². The minimum absolute atomic E-state index is 0.0614. The van der Waals surface area contributed by atoms with Gasteiger partial charge in [0.2, 0.25) is 5.82 Å². The highest BCUT2D eigenvalue weighted by atomic mass is 16.6. The fraction of sp³-hybridized carbons (Fsp3) is 0.158. The van der Waals surface area contributed by atoms with Gasteiger partial charge in [-0.1, -0.05) is 30.3 Å². The number of nitro benzene ring substituents is 1. The topological polar surface area (TPSA) is 137 Å². The minimum atomic E-state index is -0.818. The van der Waals surface area contributed by atoms with Crippen LogP contribution in [0.2, 0.25) is 0 Å². The highest BCUT2D eigenvalue weighted by molar-refractivity contribution is 6.11. The third-order valence-electron chi connectivity index (χ3n) is 4.05. The molecule has 3 aromatic rings. The van der Waals surface area contributed by atoms with Gasteiger partial charge in [-0.25, -0.2) is 9.67 Å². The first-order valence-corrected chi connectivity index (χ1v) is 8.57. The molecule has 0 atom stereocenters. The van der Waals surface area contributed by atoms with E-state index in [1.807, 2.05) is 0 Å². The standard InChI is InChI=1S/C19H18N6O4/c1-23(2)11-16-21-19(18(20)27)22-24(16)15-9-8-13(25(28)29)10-14(15)17(26)12-6-4-3-5-7-12/h3-10H,11H2,1-2H3,(H2,20,27). The lowest BCUT2D eigenvalue weighted by Gasteiger charge is -2.13. The molecule has 29 heavy (non-hydrogen) atoms. The van der Waals surface area contributed by atoms with Crippen LogP contribution in [0.3, 0.4) is 0 Å². The van der Waals surface area contributed by atoms with E-state index in [2.05, 4.69) is 10.1 Å². The van der Waals surface area contributed by atoms with Crippen molar-refractivity contribution in [2.45, 2.75) is 6.54 Å². The van der Waals surface area contributed by atoms with E-state index in [0.29, 0.717) is 17.9 Å². The molecule has 0 aliphatic carbocycles. The van der Waals surface area contributed by atoms with Crippen LogP contribution < -0.4 is 5.73 Å². The molecule has 2 aromatic carbocycles. The summed E-state index contributed by atoms with van der Waals surface area (Å²) < 4.78 is 1.32. The minimum Gasteiger partial charge on any atom is -0.363 e. The van der Waals surface area contributed by atoms with Gasteiger partial charge >= 0.3 is 0 Å². The molecule has 3 rings (SSSR count). The van der Waals surface area contributed by atoms with Crippen LogP contribution in [0, 0.1) is 10.1 Å². The van der Waals surface area contributed by atoms with Crippen LogP contribution in [0.5, 0.6) is 0 Å². The molecule has 0 saturated carbocycles. The summed E-state index contributed by atoms with van der Waals surface area (Å²) in [4.78, 5) is 41.3. The molecule has 1 amide bonds. The van der Waals surface area contributed by atoms with Crippen LogP contribution >= 0.6 is 0 Å². The Labute approximate surface area is 165 Å². The summed E-state index contributed by atoms with van der Waals surface area (Å²) in [6.45, 7) is 0.302. The lowest BCUT2D eigenvalue weighted by molar-refractivity contribution is -0.384. The number of benzene rings is 2. The van der Waals surface area contributed by atoms with Crippen molar-refractivity contribution in [3.63, 3.8) is 0 Å². The molecule has 0 spiro atoms. The Kier molecular flexibility index (Phi) is 5.46. The van der Waals surface area contributed by atoms with Crippen LogP contribution in [0.15, 0.2) is 48.5 Å². The first-order valence-electron chi connectivity index (χ1n) is 8.57. The molecule has 0 aliphatic heterocycles. The number of rotatable bonds is 7. The van der Waals surface area contributed by atoms with Gasteiger partial charge in [0.25, 0.3) is 11.6 Å². The number of aromatic nitrogens is 3. The maximum absolute atomic E-state index is 13.1. The quantitative estimate of drug-likeness (QED) is 0.365. The van der Waals surface area contributed by atoms with E-state index < -0.39 is 16.6 Å². The highest BCUT2D eigenvalue weighted by Gasteiger charge is 2.23. The van der Waals surface area contributed by atoms with Crippen LogP contribution in [-0.4, -0.2) is 50.4 Å². The first kappa shape index (κ1) is 19.8. The smallest absolute Gasteiger partial charge is 0.288 e. The third kappa shape index (κ3) is 4.17. The van der Waals surface area contributed by atoms with E-state index in [-0.39, 0.29) is 22.8 Å². The van der Waals surface area contributed by atoms with Gasteiger partial charge in [-0.05, 0) is 20.2 Å². The van der Waals surface area contributed by atoms with E-state index in [1.54, 1.807) is 49.3 Å². The Morgan fingerprint density at radius 2 is 1.86 bits per heavy atom. The van der Waals surface area contributed by atoms with Crippen LogP contribution in [0.4, 0.5) is 5.69 Å². The molecule has 0 bridgehead atoms. The SMILES string of the molecule is CN(C)Cc1nc(C(N)=O)nn1-c1ccc([N+](=O)[O-])cc1C(=O)c1ccccc1. The number of nitro groups is 1. The number of ketones is 1. The van der Waals surface area contributed by atoms with Gasteiger partial charge in [-0.3, -0.25) is 19.7 Å². The monoisotopic (exact) mass is 394 g/mol. The number of amides is 1. The van der Waals surface area contributed by atoms with Gasteiger partial charge in [0, 0.05) is 17.7 Å². The number of nitrogens with zero attached hydrogens (tertiary/aromatic N) is 5. The number of non-ortho nitro benzene ring substituents is 1. The second kappa shape index (κ2) is 7.98. The molecule has 10 nitrogen and oxygen atoms in total. The Morgan fingerprint density at radius 3 is 2.45 bits per heavy atom. The Balaban J connectivity index is 2.23. The zero-order valence-corrected chi connectivity index (χ0v) is 15.8. The summed E-state index contributed by atoms with van der Waals surface area (Å²) in [5.41, 5.74) is 5.76. The summed E-state index contributed by atoms with van der Waals surface area (Å²) in [6.07, 6.45) is 0. The van der Waals surface area contributed by atoms with Gasteiger partial charge in [-0.15, -0.1) is 5.10 Å². The Bertz CT molecular complexity index is 1090. The molecule has 0 radical (unpaired) electrons. The van der Waals surface area contributed by atoms with Gasteiger partial charge in [0.1, 0.15) is 5.82 Å². The van der Waals surface area contributed by atoms with Crippen LogP contribution in [0.25, 0.3) is 5.69 Å². The average Bonchev–Trinajstić information content (AvgIpc) is 3.10. The molecule has 10 heteroatoms. The predicted octanol–water partition coefficient (Wildman–Crippen LogP) is 1.57.